The second-order valence-corrected chi connectivity index (χ2v) is 7.23. The molecule has 1 N–H and O–H groups in total. The number of carbonyl (C=O) groups excluding carboxylic acids is 1. The van der Waals surface area contributed by atoms with Gasteiger partial charge >= 0.3 is 6.18 Å². The molecule has 31 heavy (non-hydrogen) atoms. The lowest BCUT2D eigenvalue weighted by atomic mass is 10.0. The Morgan fingerprint density at radius 3 is 2.52 bits per heavy atom. The van der Waals surface area contributed by atoms with Gasteiger partial charge in [0.25, 0.3) is 0 Å². The molecule has 0 atom stereocenters. The summed E-state index contributed by atoms with van der Waals surface area (Å²) in [5.41, 5.74) is 2.01. The Morgan fingerprint density at radius 2 is 1.84 bits per heavy atom. The fourth-order valence-electron chi connectivity index (χ4n) is 3.37. The average Bonchev–Trinajstić information content (AvgIpc) is 2.90. The van der Waals surface area contributed by atoms with Crippen molar-refractivity contribution in [2.24, 2.45) is 4.99 Å². The summed E-state index contributed by atoms with van der Waals surface area (Å²) in [5, 5.41) is 2.55. The molecule has 0 radical (unpaired) electrons. The Kier molecular flexibility index (Phi) is 5.18. The summed E-state index contributed by atoms with van der Waals surface area (Å²) in [6.07, 6.45) is 0.135. The average molecular weight is 425 g/mol. The minimum absolute atomic E-state index is 0.0289. The number of rotatable bonds is 3. The summed E-state index contributed by atoms with van der Waals surface area (Å²) in [6.45, 7) is 0. The van der Waals surface area contributed by atoms with Crippen LogP contribution < -0.4 is 10.2 Å². The number of hydrogen-bond acceptors (Lipinski definition) is 5. The molecule has 3 aromatic rings. The highest BCUT2D eigenvalue weighted by molar-refractivity contribution is 6.17. The summed E-state index contributed by atoms with van der Waals surface area (Å²) in [4.78, 5) is 26.7. The van der Waals surface area contributed by atoms with Gasteiger partial charge in [-0.1, -0.05) is 18.2 Å². The fraction of sp³-hybridized carbons (Fsp3) is 0.182. The molecule has 0 unspecified atom stereocenters. The van der Waals surface area contributed by atoms with Crippen LogP contribution in [-0.2, 0) is 11.0 Å². The van der Waals surface area contributed by atoms with Crippen LogP contribution in [0.15, 0.2) is 60.0 Å². The minimum atomic E-state index is -4.57. The first-order valence-corrected chi connectivity index (χ1v) is 9.39. The number of aromatic nitrogens is 2. The number of anilines is 2. The zero-order valence-electron chi connectivity index (χ0n) is 16.7. The van der Waals surface area contributed by atoms with Crippen LogP contribution in [0.3, 0.4) is 0 Å². The van der Waals surface area contributed by atoms with Crippen molar-refractivity contribution in [2.45, 2.75) is 12.6 Å². The molecule has 9 heteroatoms. The van der Waals surface area contributed by atoms with Gasteiger partial charge in [0.1, 0.15) is 0 Å². The molecular weight excluding hydrogens is 407 g/mol. The van der Waals surface area contributed by atoms with Crippen molar-refractivity contribution in [2.75, 3.05) is 24.3 Å². The molecule has 1 aromatic heterocycles. The molecular formula is C22H18F3N5O. The van der Waals surface area contributed by atoms with E-state index in [4.69, 9.17) is 0 Å². The largest absolute Gasteiger partial charge is 0.418 e. The van der Waals surface area contributed by atoms with Crippen LogP contribution in [0.1, 0.15) is 17.5 Å². The maximum atomic E-state index is 13.5. The Labute approximate surface area is 176 Å². The van der Waals surface area contributed by atoms with E-state index in [1.54, 1.807) is 24.7 Å². The lowest BCUT2D eigenvalue weighted by Gasteiger charge is -2.21. The first-order chi connectivity index (χ1) is 14.7. The second kappa shape index (κ2) is 7.82. The number of nitrogens with one attached hydrogen (secondary N) is 1. The Bertz CT molecular complexity index is 1170. The van der Waals surface area contributed by atoms with E-state index in [2.05, 4.69) is 20.3 Å². The van der Waals surface area contributed by atoms with Crippen LogP contribution in [0.5, 0.6) is 0 Å². The van der Waals surface area contributed by atoms with Gasteiger partial charge in [-0.3, -0.25) is 19.8 Å². The molecule has 0 saturated carbocycles. The lowest BCUT2D eigenvalue weighted by Crippen LogP contribution is -2.18. The fourth-order valence-corrected chi connectivity index (χ4v) is 3.37. The summed E-state index contributed by atoms with van der Waals surface area (Å²) in [6, 6.07) is 9.58. The van der Waals surface area contributed by atoms with E-state index >= 15 is 0 Å². The first-order valence-electron chi connectivity index (χ1n) is 9.39. The van der Waals surface area contributed by atoms with Crippen molar-refractivity contribution in [1.29, 1.82) is 0 Å². The van der Waals surface area contributed by atoms with E-state index in [9.17, 15) is 18.0 Å². The van der Waals surface area contributed by atoms with Crippen LogP contribution in [0.4, 0.5) is 30.2 Å². The standard InChI is InChI=1S/C22H18F3N5O/c1-30(2)20-10-18-17(9-15(20)22(23,24)25)29-21(31)11-16(28-18)13-4-3-5-14(8-13)19-12-26-6-7-27-19/h3-10,12H,11H2,1-2H3,(H,29,31). The van der Waals surface area contributed by atoms with Gasteiger partial charge in [0.05, 0.1) is 46.6 Å². The smallest absolute Gasteiger partial charge is 0.377 e. The Morgan fingerprint density at radius 1 is 1.06 bits per heavy atom. The zero-order valence-corrected chi connectivity index (χ0v) is 16.7. The molecule has 2 aromatic carbocycles. The maximum absolute atomic E-state index is 13.5. The van der Waals surface area contributed by atoms with Gasteiger partial charge in [0.2, 0.25) is 5.91 Å². The Hall–Kier alpha value is -3.75. The number of halogens is 3. The molecule has 0 aliphatic carbocycles. The van der Waals surface area contributed by atoms with Crippen molar-refractivity contribution in [3.8, 4) is 11.3 Å². The molecule has 1 aliphatic heterocycles. The van der Waals surface area contributed by atoms with E-state index in [1.807, 2.05) is 18.2 Å². The third-order valence-corrected chi connectivity index (χ3v) is 4.81. The van der Waals surface area contributed by atoms with Gasteiger partial charge in [-0.2, -0.15) is 13.2 Å². The molecule has 1 aliphatic rings. The highest BCUT2D eigenvalue weighted by atomic mass is 19.4. The van der Waals surface area contributed by atoms with E-state index in [1.165, 1.54) is 25.1 Å². The summed E-state index contributed by atoms with van der Waals surface area (Å²) in [7, 11) is 3.06. The van der Waals surface area contributed by atoms with Crippen molar-refractivity contribution in [3.05, 3.63) is 66.1 Å². The molecule has 0 bridgehead atoms. The number of nitrogens with zero attached hydrogens (tertiary/aromatic N) is 4. The molecule has 0 fully saturated rings. The first kappa shape index (κ1) is 20.5. The molecule has 0 saturated heterocycles. The molecule has 158 valence electrons. The van der Waals surface area contributed by atoms with Gasteiger partial charge in [-0.05, 0) is 23.8 Å². The number of fused-ring (bicyclic) bond motifs is 1. The monoisotopic (exact) mass is 425 g/mol. The molecule has 4 rings (SSSR count). The van der Waals surface area contributed by atoms with E-state index in [-0.39, 0.29) is 23.5 Å². The van der Waals surface area contributed by atoms with Crippen molar-refractivity contribution in [1.82, 2.24) is 9.97 Å². The van der Waals surface area contributed by atoms with Gasteiger partial charge < -0.3 is 10.2 Å². The lowest BCUT2D eigenvalue weighted by molar-refractivity contribution is -0.137. The SMILES string of the molecule is CN(C)c1cc2c(cc1C(F)(F)F)NC(=O)CC(c1cccc(-c3cnccn3)c1)=N2. The quantitative estimate of drug-likeness (QED) is 0.661. The van der Waals surface area contributed by atoms with Gasteiger partial charge in [-0.25, -0.2) is 0 Å². The summed E-state index contributed by atoms with van der Waals surface area (Å²) >= 11 is 0. The number of benzene rings is 2. The number of amides is 1. The second-order valence-electron chi connectivity index (χ2n) is 7.23. The minimum Gasteiger partial charge on any atom is -0.377 e. The van der Waals surface area contributed by atoms with Crippen molar-refractivity contribution < 1.29 is 18.0 Å². The molecule has 2 heterocycles. The maximum Gasteiger partial charge on any atom is 0.418 e. The third kappa shape index (κ3) is 4.25. The van der Waals surface area contributed by atoms with Crippen LogP contribution in [0, 0.1) is 0 Å². The highest BCUT2D eigenvalue weighted by Gasteiger charge is 2.35. The van der Waals surface area contributed by atoms with E-state index in [0.29, 0.717) is 17.0 Å². The van der Waals surface area contributed by atoms with Crippen LogP contribution in [0.2, 0.25) is 0 Å². The van der Waals surface area contributed by atoms with Gasteiger partial charge in [0.15, 0.2) is 0 Å². The third-order valence-electron chi connectivity index (χ3n) is 4.81. The molecule has 0 spiro atoms. The predicted octanol–water partition coefficient (Wildman–Crippen LogP) is 4.69. The van der Waals surface area contributed by atoms with E-state index < -0.39 is 17.6 Å². The summed E-state index contributed by atoms with van der Waals surface area (Å²) < 4.78 is 40.6. The zero-order chi connectivity index (χ0) is 22.2. The number of alkyl halides is 3. The Balaban J connectivity index is 1.83. The number of hydrogen-bond donors (Lipinski definition) is 1. The van der Waals surface area contributed by atoms with Gasteiger partial charge in [-0.15, -0.1) is 0 Å². The topological polar surface area (TPSA) is 70.5 Å². The van der Waals surface area contributed by atoms with Crippen molar-refractivity contribution in [3.63, 3.8) is 0 Å². The number of carbonyl (C=O) groups is 1. The molecule has 6 nitrogen and oxygen atoms in total. The normalized spacial score (nSPS) is 13.7. The van der Waals surface area contributed by atoms with Crippen LogP contribution in [-0.4, -0.2) is 35.7 Å². The van der Waals surface area contributed by atoms with Crippen LogP contribution >= 0.6 is 0 Å². The van der Waals surface area contributed by atoms with E-state index in [0.717, 1.165) is 11.6 Å². The van der Waals surface area contributed by atoms with Crippen molar-refractivity contribution >= 4 is 28.7 Å². The predicted molar refractivity (Wildman–Crippen MR) is 113 cm³/mol. The summed E-state index contributed by atoms with van der Waals surface area (Å²) in [5.74, 6) is -0.437. The van der Waals surface area contributed by atoms with Gasteiger partial charge in [0, 0.05) is 32.1 Å². The highest BCUT2D eigenvalue weighted by Crippen LogP contribution is 2.42. The van der Waals surface area contributed by atoms with Crippen LogP contribution in [0.25, 0.3) is 11.3 Å². The molecule has 1 amide bonds. The number of aliphatic imine (C=N–C) groups is 1.